The molecule has 0 atom stereocenters. The molecular weight excluding hydrogens is 365 g/mol. The van der Waals surface area contributed by atoms with Crippen LogP contribution in [0.2, 0.25) is 10.0 Å². The second-order valence-corrected chi connectivity index (χ2v) is 7.14. The Morgan fingerprint density at radius 3 is 2.72 bits per heavy atom. The van der Waals surface area contributed by atoms with Crippen LogP contribution in [0.25, 0.3) is 11.5 Å². The number of carbonyl (C=O) groups is 2. The minimum atomic E-state index is -0.954. The average molecular weight is 382 g/mol. The molecule has 2 amide bonds. The molecule has 6 nitrogen and oxygen atoms in total. The van der Waals surface area contributed by atoms with Gasteiger partial charge in [0.25, 0.3) is 5.91 Å². The summed E-state index contributed by atoms with van der Waals surface area (Å²) in [6.07, 6.45) is 0. The number of carbonyl (C=O) groups excluding carboxylic acids is 2. The number of benzene rings is 1. The van der Waals surface area contributed by atoms with Gasteiger partial charge in [-0.2, -0.15) is 0 Å². The van der Waals surface area contributed by atoms with Crippen LogP contribution in [0.5, 0.6) is 0 Å². The lowest BCUT2D eigenvalue weighted by Gasteiger charge is -2.40. The minimum Gasteiger partial charge on any atom is -0.441 e. The molecule has 1 N–H and O–H groups in total. The fraction of sp³-hybridized carbons (Fsp3) is 0.353. The molecule has 132 valence electrons. The fourth-order valence-corrected chi connectivity index (χ4v) is 3.03. The van der Waals surface area contributed by atoms with Crippen molar-refractivity contribution in [3.8, 4) is 11.5 Å². The van der Waals surface area contributed by atoms with Crippen molar-refractivity contribution >= 4 is 35.0 Å². The first-order chi connectivity index (χ1) is 11.7. The molecule has 0 unspecified atom stereocenters. The number of amides is 2. The fourth-order valence-electron chi connectivity index (χ4n) is 2.73. The largest absolute Gasteiger partial charge is 0.441 e. The topological polar surface area (TPSA) is 75.4 Å². The molecule has 25 heavy (non-hydrogen) atoms. The highest BCUT2D eigenvalue weighted by Crippen LogP contribution is 2.30. The number of oxazole rings is 1. The number of hydrogen-bond acceptors (Lipinski definition) is 4. The van der Waals surface area contributed by atoms with Crippen LogP contribution in [0.1, 0.15) is 30.1 Å². The molecule has 2 aromatic rings. The number of rotatable bonds is 2. The van der Waals surface area contributed by atoms with E-state index >= 15 is 0 Å². The lowest BCUT2D eigenvalue weighted by molar-refractivity contribution is -0.133. The van der Waals surface area contributed by atoms with Crippen molar-refractivity contribution in [3.05, 3.63) is 39.7 Å². The summed E-state index contributed by atoms with van der Waals surface area (Å²) in [6.45, 7) is 5.89. The highest BCUT2D eigenvalue weighted by Gasteiger charge is 2.42. The lowest BCUT2D eigenvalue weighted by Crippen LogP contribution is -2.63. The number of piperazine rings is 1. The zero-order valence-corrected chi connectivity index (χ0v) is 15.5. The molecule has 2 heterocycles. The lowest BCUT2D eigenvalue weighted by atomic mass is 9.98. The van der Waals surface area contributed by atoms with E-state index in [2.05, 4.69) is 10.3 Å². The Morgan fingerprint density at radius 1 is 1.32 bits per heavy atom. The Morgan fingerprint density at radius 2 is 2.04 bits per heavy atom. The van der Waals surface area contributed by atoms with E-state index in [-0.39, 0.29) is 23.4 Å². The number of nitrogens with one attached hydrogen (secondary N) is 1. The molecule has 1 aromatic heterocycles. The highest BCUT2D eigenvalue weighted by molar-refractivity contribution is 6.42. The Bertz CT molecular complexity index is 861. The maximum atomic E-state index is 12.9. The monoisotopic (exact) mass is 381 g/mol. The van der Waals surface area contributed by atoms with Gasteiger partial charge in [-0.25, -0.2) is 4.98 Å². The number of aromatic nitrogens is 1. The molecule has 1 saturated heterocycles. The summed E-state index contributed by atoms with van der Waals surface area (Å²) < 4.78 is 5.64. The van der Waals surface area contributed by atoms with Crippen LogP contribution in [-0.4, -0.2) is 40.3 Å². The second-order valence-electron chi connectivity index (χ2n) is 6.32. The van der Waals surface area contributed by atoms with Crippen molar-refractivity contribution in [2.75, 3.05) is 13.1 Å². The van der Waals surface area contributed by atoms with Crippen molar-refractivity contribution in [3.63, 3.8) is 0 Å². The van der Waals surface area contributed by atoms with E-state index in [4.69, 9.17) is 27.6 Å². The third-order valence-corrected chi connectivity index (χ3v) is 5.00. The summed E-state index contributed by atoms with van der Waals surface area (Å²) >= 11 is 11.9. The van der Waals surface area contributed by atoms with Gasteiger partial charge in [-0.1, -0.05) is 23.2 Å². The van der Waals surface area contributed by atoms with Crippen molar-refractivity contribution < 1.29 is 14.0 Å². The first-order valence-corrected chi connectivity index (χ1v) is 8.50. The first-order valence-electron chi connectivity index (χ1n) is 7.75. The molecule has 0 spiro atoms. The van der Waals surface area contributed by atoms with E-state index in [1.807, 2.05) is 0 Å². The van der Waals surface area contributed by atoms with E-state index in [0.717, 1.165) is 0 Å². The standard InChI is InChI=1S/C17H17Cl2N3O3/c1-9-13(15(23)22-7-6-20-16(24)17(22,2)3)21-14(25-9)10-4-5-11(18)12(19)8-10/h4-5,8H,6-7H2,1-3H3,(H,20,24). The van der Waals surface area contributed by atoms with Crippen LogP contribution in [0.4, 0.5) is 0 Å². The average Bonchev–Trinajstić information content (AvgIpc) is 2.94. The van der Waals surface area contributed by atoms with E-state index in [9.17, 15) is 9.59 Å². The van der Waals surface area contributed by atoms with Crippen LogP contribution >= 0.6 is 23.2 Å². The van der Waals surface area contributed by atoms with Crippen molar-refractivity contribution in [2.24, 2.45) is 0 Å². The smallest absolute Gasteiger partial charge is 0.277 e. The molecule has 0 radical (unpaired) electrons. The molecule has 0 aliphatic carbocycles. The molecule has 1 fully saturated rings. The van der Waals surface area contributed by atoms with Crippen molar-refractivity contribution in [1.29, 1.82) is 0 Å². The van der Waals surface area contributed by atoms with Crippen LogP contribution in [0, 0.1) is 6.92 Å². The summed E-state index contributed by atoms with van der Waals surface area (Å²) in [4.78, 5) is 30.8. The van der Waals surface area contributed by atoms with Crippen LogP contribution in [-0.2, 0) is 4.79 Å². The molecule has 0 bridgehead atoms. The Hall–Kier alpha value is -2.05. The SMILES string of the molecule is Cc1oc(-c2ccc(Cl)c(Cl)c2)nc1C(=O)N1CCNC(=O)C1(C)C. The van der Waals surface area contributed by atoms with E-state index in [1.54, 1.807) is 39.0 Å². The molecule has 1 aliphatic heterocycles. The molecular formula is C17H17Cl2N3O3. The minimum absolute atomic E-state index is 0.184. The molecule has 3 rings (SSSR count). The van der Waals surface area contributed by atoms with Gasteiger partial charge in [-0.05, 0) is 39.0 Å². The second kappa shape index (κ2) is 6.35. The van der Waals surface area contributed by atoms with Crippen molar-refractivity contribution in [1.82, 2.24) is 15.2 Å². The molecule has 1 aromatic carbocycles. The van der Waals surface area contributed by atoms with Gasteiger partial charge in [0.15, 0.2) is 5.69 Å². The number of aryl methyl sites for hydroxylation is 1. The number of nitrogens with zero attached hydrogens (tertiary/aromatic N) is 2. The number of halogens is 2. The maximum Gasteiger partial charge on any atom is 0.277 e. The predicted octanol–water partition coefficient (Wildman–Crippen LogP) is 3.31. The third-order valence-electron chi connectivity index (χ3n) is 4.26. The van der Waals surface area contributed by atoms with Crippen LogP contribution < -0.4 is 5.32 Å². The quantitative estimate of drug-likeness (QED) is 0.865. The molecule has 8 heteroatoms. The summed E-state index contributed by atoms with van der Waals surface area (Å²) in [5.41, 5.74) is -0.152. The van der Waals surface area contributed by atoms with Gasteiger partial charge in [0.2, 0.25) is 11.8 Å². The van der Waals surface area contributed by atoms with Gasteiger partial charge in [0.05, 0.1) is 10.0 Å². The Labute approximate surface area is 155 Å². The van der Waals surface area contributed by atoms with Gasteiger partial charge in [0.1, 0.15) is 11.3 Å². The predicted molar refractivity (Wildman–Crippen MR) is 94.8 cm³/mol. The van der Waals surface area contributed by atoms with Gasteiger partial charge in [-0.15, -0.1) is 0 Å². The highest BCUT2D eigenvalue weighted by atomic mass is 35.5. The normalized spacial score (nSPS) is 16.7. The summed E-state index contributed by atoms with van der Waals surface area (Å²) in [7, 11) is 0. The summed E-state index contributed by atoms with van der Waals surface area (Å²) in [6, 6.07) is 4.98. The van der Waals surface area contributed by atoms with Crippen LogP contribution in [0.3, 0.4) is 0 Å². The van der Waals surface area contributed by atoms with E-state index < -0.39 is 5.54 Å². The van der Waals surface area contributed by atoms with E-state index in [0.29, 0.717) is 34.5 Å². The summed E-state index contributed by atoms with van der Waals surface area (Å²) in [5, 5.41) is 3.56. The molecule has 0 saturated carbocycles. The van der Waals surface area contributed by atoms with Gasteiger partial charge < -0.3 is 14.6 Å². The molecule has 1 aliphatic rings. The van der Waals surface area contributed by atoms with E-state index in [1.165, 1.54) is 4.90 Å². The third kappa shape index (κ3) is 3.12. The first kappa shape index (κ1) is 17.8. The summed E-state index contributed by atoms with van der Waals surface area (Å²) in [5.74, 6) is 0.122. The van der Waals surface area contributed by atoms with Gasteiger partial charge in [-0.3, -0.25) is 9.59 Å². The van der Waals surface area contributed by atoms with Gasteiger partial charge in [0, 0.05) is 18.7 Å². The Kier molecular flexibility index (Phi) is 4.51. The maximum absolute atomic E-state index is 12.9. The zero-order chi connectivity index (χ0) is 18.4. The Balaban J connectivity index is 1.96. The zero-order valence-electron chi connectivity index (χ0n) is 14.0. The van der Waals surface area contributed by atoms with Crippen molar-refractivity contribution in [2.45, 2.75) is 26.3 Å². The number of hydrogen-bond donors (Lipinski definition) is 1. The van der Waals surface area contributed by atoms with Crippen LogP contribution in [0.15, 0.2) is 22.6 Å². The van der Waals surface area contributed by atoms with Gasteiger partial charge >= 0.3 is 0 Å².